The Morgan fingerprint density at radius 3 is 2.54 bits per heavy atom. The second-order valence-corrected chi connectivity index (χ2v) is 6.42. The summed E-state index contributed by atoms with van der Waals surface area (Å²) in [6, 6.07) is 12.3. The van der Waals surface area contributed by atoms with Gasteiger partial charge in [-0.2, -0.15) is 0 Å². The molecule has 1 aliphatic heterocycles. The largest absolute Gasteiger partial charge is 0.496 e. The molecule has 0 radical (unpaired) electrons. The molecule has 1 amide bonds. The fourth-order valence-corrected chi connectivity index (χ4v) is 3.10. The van der Waals surface area contributed by atoms with E-state index in [0.29, 0.717) is 30.3 Å². The molecule has 3 aromatic rings. The van der Waals surface area contributed by atoms with Crippen molar-refractivity contribution in [2.24, 2.45) is 0 Å². The molecule has 1 aliphatic rings. The smallest absolute Gasteiger partial charge is 0.259 e. The number of para-hydroxylation sites is 1. The predicted octanol–water partition coefficient (Wildman–Crippen LogP) is 1.57. The van der Waals surface area contributed by atoms with Crippen LogP contribution < -0.4 is 15.6 Å². The molecule has 1 aromatic carbocycles. The standard InChI is InChI=1S/C20H19N5O3/c1-28-17-10-18(26)25(15-6-3-2-4-7-15)13-16(17)19(27)24-11-14(12-24)23-20-21-8-5-9-22-20/h2-10,13-14H,11-12H2,1H3,(H,21,22,23). The monoisotopic (exact) mass is 377 g/mol. The van der Waals surface area contributed by atoms with Crippen molar-refractivity contribution >= 4 is 11.9 Å². The lowest BCUT2D eigenvalue weighted by Crippen LogP contribution is -2.57. The van der Waals surface area contributed by atoms with E-state index in [1.807, 2.05) is 30.3 Å². The van der Waals surface area contributed by atoms with E-state index in [-0.39, 0.29) is 23.3 Å². The summed E-state index contributed by atoms with van der Waals surface area (Å²) in [7, 11) is 1.45. The summed E-state index contributed by atoms with van der Waals surface area (Å²) >= 11 is 0. The van der Waals surface area contributed by atoms with Crippen LogP contribution in [0.15, 0.2) is 65.8 Å². The summed E-state index contributed by atoms with van der Waals surface area (Å²) in [5.74, 6) is 0.619. The van der Waals surface area contributed by atoms with Gasteiger partial charge in [-0.25, -0.2) is 9.97 Å². The van der Waals surface area contributed by atoms with Gasteiger partial charge in [0.1, 0.15) is 5.75 Å². The van der Waals surface area contributed by atoms with Gasteiger partial charge >= 0.3 is 0 Å². The summed E-state index contributed by atoms with van der Waals surface area (Å²) in [5.41, 5.74) is 0.776. The van der Waals surface area contributed by atoms with E-state index >= 15 is 0 Å². The van der Waals surface area contributed by atoms with Crippen LogP contribution in [0.4, 0.5) is 5.95 Å². The predicted molar refractivity (Wildman–Crippen MR) is 104 cm³/mol. The summed E-state index contributed by atoms with van der Waals surface area (Å²) in [5, 5.41) is 3.19. The number of anilines is 1. The normalized spacial score (nSPS) is 13.7. The molecule has 28 heavy (non-hydrogen) atoms. The zero-order chi connectivity index (χ0) is 19.5. The fourth-order valence-electron chi connectivity index (χ4n) is 3.10. The number of likely N-dealkylation sites (tertiary alicyclic amines) is 1. The first-order valence-corrected chi connectivity index (χ1v) is 8.84. The molecule has 142 valence electrons. The second kappa shape index (κ2) is 7.51. The van der Waals surface area contributed by atoms with Crippen molar-refractivity contribution < 1.29 is 9.53 Å². The van der Waals surface area contributed by atoms with Gasteiger partial charge in [-0.15, -0.1) is 0 Å². The van der Waals surface area contributed by atoms with Crippen molar-refractivity contribution in [3.8, 4) is 11.4 Å². The number of ether oxygens (including phenoxy) is 1. The molecule has 0 atom stereocenters. The van der Waals surface area contributed by atoms with Crippen molar-refractivity contribution in [3.05, 3.63) is 77.0 Å². The first kappa shape index (κ1) is 17.7. The van der Waals surface area contributed by atoms with Gasteiger partial charge in [0.2, 0.25) is 5.95 Å². The van der Waals surface area contributed by atoms with Crippen LogP contribution in [0.1, 0.15) is 10.4 Å². The van der Waals surface area contributed by atoms with Gasteiger partial charge in [0.25, 0.3) is 11.5 Å². The molecule has 0 spiro atoms. The van der Waals surface area contributed by atoms with Gasteiger partial charge in [0.15, 0.2) is 0 Å². The van der Waals surface area contributed by atoms with Crippen LogP contribution in [-0.4, -0.2) is 51.6 Å². The Morgan fingerprint density at radius 2 is 1.86 bits per heavy atom. The van der Waals surface area contributed by atoms with Gasteiger partial charge in [-0.05, 0) is 18.2 Å². The minimum atomic E-state index is -0.260. The van der Waals surface area contributed by atoms with Crippen LogP contribution in [0.25, 0.3) is 5.69 Å². The van der Waals surface area contributed by atoms with Crippen LogP contribution in [0.3, 0.4) is 0 Å². The number of amides is 1. The van der Waals surface area contributed by atoms with Gasteiger partial charge < -0.3 is 15.0 Å². The summed E-state index contributed by atoms with van der Waals surface area (Å²) < 4.78 is 6.73. The number of hydrogen-bond donors (Lipinski definition) is 1. The Hall–Kier alpha value is -3.68. The first-order valence-electron chi connectivity index (χ1n) is 8.84. The third kappa shape index (κ3) is 3.44. The Kier molecular flexibility index (Phi) is 4.76. The lowest BCUT2D eigenvalue weighted by Gasteiger charge is -2.39. The average Bonchev–Trinajstić information content (AvgIpc) is 2.71. The zero-order valence-electron chi connectivity index (χ0n) is 15.3. The van der Waals surface area contributed by atoms with Gasteiger partial charge in [0.05, 0.1) is 18.7 Å². The van der Waals surface area contributed by atoms with Crippen molar-refractivity contribution in [3.63, 3.8) is 0 Å². The number of aromatic nitrogens is 3. The van der Waals surface area contributed by atoms with E-state index in [2.05, 4.69) is 15.3 Å². The number of carbonyl (C=O) groups excluding carboxylic acids is 1. The maximum atomic E-state index is 13.0. The fraction of sp³-hybridized carbons (Fsp3) is 0.200. The summed E-state index contributed by atoms with van der Waals surface area (Å²) in [4.78, 5) is 35.3. The number of hydrogen-bond acceptors (Lipinski definition) is 6. The van der Waals surface area contributed by atoms with Crippen LogP contribution in [-0.2, 0) is 0 Å². The number of benzene rings is 1. The van der Waals surface area contributed by atoms with Gasteiger partial charge in [-0.3, -0.25) is 14.2 Å². The molecule has 0 unspecified atom stereocenters. The Morgan fingerprint density at radius 1 is 1.14 bits per heavy atom. The van der Waals surface area contributed by atoms with Gasteiger partial charge in [-0.1, -0.05) is 18.2 Å². The highest BCUT2D eigenvalue weighted by atomic mass is 16.5. The average molecular weight is 377 g/mol. The van der Waals surface area contributed by atoms with E-state index in [1.54, 1.807) is 29.6 Å². The number of nitrogens with zero attached hydrogens (tertiary/aromatic N) is 4. The molecule has 1 saturated heterocycles. The van der Waals surface area contributed by atoms with Crippen LogP contribution in [0, 0.1) is 0 Å². The van der Waals surface area contributed by atoms with E-state index in [9.17, 15) is 9.59 Å². The molecule has 3 heterocycles. The van der Waals surface area contributed by atoms with Crippen LogP contribution >= 0.6 is 0 Å². The third-order valence-corrected chi connectivity index (χ3v) is 4.57. The maximum absolute atomic E-state index is 13.0. The summed E-state index contributed by atoms with van der Waals surface area (Å²) in [6.07, 6.45) is 4.86. The SMILES string of the molecule is COc1cc(=O)n(-c2ccccc2)cc1C(=O)N1CC(Nc2ncccn2)C1. The van der Waals surface area contributed by atoms with Crippen LogP contribution in [0.2, 0.25) is 0 Å². The lowest BCUT2D eigenvalue weighted by molar-refractivity contribution is 0.0620. The Labute approximate surface area is 161 Å². The molecule has 0 aliphatic carbocycles. The number of pyridine rings is 1. The van der Waals surface area contributed by atoms with E-state index < -0.39 is 0 Å². The molecule has 1 fully saturated rings. The molecule has 0 bridgehead atoms. The highest BCUT2D eigenvalue weighted by Crippen LogP contribution is 2.22. The minimum Gasteiger partial charge on any atom is -0.496 e. The molecular weight excluding hydrogens is 358 g/mol. The second-order valence-electron chi connectivity index (χ2n) is 6.42. The van der Waals surface area contributed by atoms with Crippen LogP contribution in [0.5, 0.6) is 5.75 Å². The topological polar surface area (TPSA) is 89.4 Å². The Bertz CT molecular complexity index is 1030. The molecule has 8 heteroatoms. The highest BCUT2D eigenvalue weighted by molar-refractivity contribution is 5.97. The van der Waals surface area contributed by atoms with Crippen molar-refractivity contribution in [2.45, 2.75) is 6.04 Å². The number of nitrogens with one attached hydrogen (secondary N) is 1. The van der Waals surface area contributed by atoms with Crippen molar-refractivity contribution in [1.29, 1.82) is 0 Å². The zero-order valence-corrected chi connectivity index (χ0v) is 15.3. The Balaban J connectivity index is 1.54. The first-order chi connectivity index (χ1) is 13.7. The number of methoxy groups -OCH3 is 1. The van der Waals surface area contributed by atoms with Crippen molar-refractivity contribution in [1.82, 2.24) is 19.4 Å². The highest BCUT2D eigenvalue weighted by Gasteiger charge is 2.33. The van der Waals surface area contributed by atoms with E-state index in [4.69, 9.17) is 4.74 Å². The minimum absolute atomic E-state index is 0.0809. The molecule has 2 aromatic heterocycles. The molecule has 0 saturated carbocycles. The summed E-state index contributed by atoms with van der Waals surface area (Å²) in [6.45, 7) is 1.04. The molecular formula is C20H19N5O3. The van der Waals surface area contributed by atoms with E-state index in [0.717, 1.165) is 0 Å². The molecule has 1 N–H and O–H groups in total. The molecule has 8 nitrogen and oxygen atoms in total. The maximum Gasteiger partial charge on any atom is 0.259 e. The van der Waals surface area contributed by atoms with E-state index in [1.165, 1.54) is 17.7 Å². The number of rotatable bonds is 5. The number of carbonyl (C=O) groups is 1. The molecule has 4 rings (SSSR count). The van der Waals surface area contributed by atoms with Crippen molar-refractivity contribution in [2.75, 3.05) is 25.5 Å². The quantitative estimate of drug-likeness (QED) is 0.726. The lowest BCUT2D eigenvalue weighted by atomic mass is 10.1. The third-order valence-electron chi connectivity index (χ3n) is 4.57. The van der Waals surface area contributed by atoms with Gasteiger partial charge in [0, 0.05) is 43.4 Å².